The molecule has 1 saturated heterocycles. The van der Waals surface area contributed by atoms with E-state index in [1.165, 1.54) is 12.8 Å². The Bertz CT molecular complexity index is 408. The molecule has 2 N–H and O–H groups in total. The molecular weight excluding hydrogens is 236 g/mol. The van der Waals surface area contributed by atoms with Gasteiger partial charge in [-0.1, -0.05) is 30.3 Å². The molecule has 1 aromatic carbocycles. The van der Waals surface area contributed by atoms with Gasteiger partial charge in [0, 0.05) is 12.6 Å². The summed E-state index contributed by atoms with van der Waals surface area (Å²) in [6.07, 6.45) is 3.52. The number of carbonyl (C=O) groups excluding carboxylic acids is 1. The molecule has 1 aliphatic rings. The Morgan fingerprint density at radius 3 is 2.74 bits per heavy atom. The monoisotopic (exact) mass is 260 g/mol. The number of benzene rings is 1. The van der Waals surface area contributed by atoms with Crippen molar-refractivity contribution < 1.29 is 4.79 Å². The molecule has 0 radical (unpaired) electrons. The standard InChI is InChI=1S/C16H24N2O/c1-16(2,13-7-4-3-5-8-13)15(19)18-12-10-14-9-6-11-17-14/h3-5,7-8,14,17H,6,9-12H2,1-2H3,(H,18,19). The minimum absolute atomic E-state index is 0.108. The molecule has 19 heavy (non-hydrogen) atoms. The maximum atomic E-state index is 12.3. The van der Waals surface area contributed by atoms with Crippen molar-refractivity contribution in [3.05, 3.63) is 35.9 Å². The molecule has 0 bridgehead atoms. The van der Waals surface area contributed by atoms with E-state index in [1.54, 1.807) is 0 Å². The fourth-order valence-electron chi connectivity index (χ4n) is 2.57. The van der Waals surface area contributed by atoms with Crippen LogP contribution in [0.5, 0.6) is 0 Å². The van der Waals surface area contributed by atoms with Gasteiger partial charge in [-0.2, -0.15) is 0 Å². The second kappa shape index (κ2) is 6.20. The van der Waals surface area contributed by atoms with Gasteiger partial charge < -0.3 is 10.6 Å². The smallest absolute Gasteiger partial charge is 0.230 e. The van der Waals surface area contributed by atoms with Gasteiger partial charge >= 0.3 is 0 Å². The first-order valence-corrected chi connectivity index (χ1v) is 7.18. The summed E-state index contributed by atoms with van der Waals surface area (Å²) in [5.74, 6) is 0.108. The van der Waals surface area contributed by atoms with E-state index in [0.717, 1.165) is 25.1 Å². The van der Waals surface area contributed by atoms with Gasteiger partial charge in [0.25, 0.3) is 0 Å². The first-order chi connectivity index (χ1) is 9.10. The largest absolute Gasteiger partial charge is 0.355 e. The lowest BCUT2D eigenvalue weighted by Crippen LogP contribution is -2.41. The van der Waals surface area contributed by atoms with Gasteiger partial charge in [-0.05, 0) is 45.2 Å². The highest BCUT2D eigenvalue weighted by Crippen LogP contribution is 2.22. The first kappa shape index (κ1) is 14.1. The highest BCUT2D eigenvalue weighted by atomic mass is 16.2. The predicted octanol–water partition coefficient (Wildman–Crippen LogP) is 2.22. The SMILES string of the molecule is CC(C)(C(=O)NCCC1CCCN1)c1ccccc1. The summed E-state index contributed by atoms with van der Waals surface area (Å²) < 4.78 is 0. The zero-order chi connectivity index (χ0) is 13.7. The summed E-state index contributed by atoms with van der Waals surface area (Å²) in [6.45, 7) is 5.83. The van der Waals surface area contributed by atoms with Gasteiger partial charge in [-0.15, -0.1) is 0 Å². The third kappa shape index (κ3) is 3.57. The molecule has 1 unspecified atom stereocenters. The maximum Gasteiger partial charge on any atom is 0.230 e. The normalized spacial score (nSPS) is 19.4. The van der Waals surface area contributed by atoms with Gasteiger partial charge in [-0.25, -0.2) is 0 Å². The predicted molar refractivity (Wildman–Crippen MR) is 78.1 cm³/mol. The number of rotatable bonds is 5. The van der Waals surface area contributed by atoms with Gasteiger partial charge in [0.05, 0.1) is 5.41 Å². The molecule has 2 rings (SSSR count). The molecule has 1 aliphatic heterocycles. The van der Waals surface area contributed by atoms with Gasteiger partial charge in [0.1, 0.15) is 0 Å². The Kier molecular flexibility index (Phi) is 4.59. The lowest BCUT2D eigenvalue weighted by molar-refractivity contribution is -0.125. The molecule has 1 aromatic rings. The lowest BCUT2D eigenvalue weighted by Gasteiger charge is -2.24. The van der Waals surface area contributed by atoms with E-state index in [4.69, 9.17) is 0 Å². The molecule has 0 aromatic heterocycles. The van der Waals surface area contributed by atoms with E-state index < -0.39 is 5.41 Å². The third-order valence-corrected chi connectivity index (χ3v) is 4.00. The van der Waals surface area contributed by atoms with Gasteiger partial charge in [0.15, 0.2) is 0 Å². The number of nitrogens with one attached hydrogen (secondary N) is 2. The van der Waals surface area contributed by atoms with Crippen molar-refractivity contribution in [2.45, 2.75) is 44.6 Å². The maximum absolute atomic E-state index is 12.3. The van der Waals surface area contributed by atoms with Crippen molar-refractivity contribution in [3.8, 4) is 0 Å². The van der Waals surface area contributed by atoms with Crippen molar-refractivity contribution >= 4 is 5.91 Å². The molecule has 1 atom stereocenters. The molecular formula is C16H24N2O. The molecule has 1 amide bonds. The number of amides is 1. The van der Waals surface area contributed by atoms with E-state index in [-0.39, 0.29) is 5.91 Å². The Hall–Kier alpha value is -1.35. The summed E-state index contributed by atoms with van der Waals surface area (Å²) in [4.78, 5) is 12.3. The minimum Gasteiger partial charge on any atom is -0.355 e. The van der Waals surface area contributed by atoms with Crippen LogP contribution in [0.3, 0.4) is 0 Å². The third-order valence-electron chi connectivity index (χ3n) is 4.00. The zero-order valence-corrected chi connectivity index (χ0v) is 11.9. The number of hydrogen-bond donors (Lipinski definition) is 2. The van der Waals surface area contributed by atoms with E-state index in [9.17, 15) is 4.79 Å². The van der Waals surface area contributed by atoms with Gasteiger partial charge in [-0.3, -0.25) is 4.79 Å². The van der Waals surface area contributed by atoms with Crippen LogP contribution in [0.1, 0.15) is 38.7 Å². The second-order valence-electron chi connectivity index (χ2n) is 5.83. The highest BCUT2D eigenvalue weighted by molar-refractivity contribution is 5.87. The fraction of sp³-hybridized carbons (Fsp3) is 0.562. The number of carbonyl (C=O) groups is 1. The fourth-order valence-corrected chi connectivity index (χ4v) is 2.57. The quantitative estimate of drug-likeness (QED) is 0.852. The average Bonchev–Trinajstić information content (AvgIpc) is 2.93. The molecule has 0 aliphatic carbocycles. The van der Waals surface area contributed by atoms with Crippen LogP contribution in [0, 0.1) is 0 Å². The molecule has 0 spiro atoms. The minimum atomic E-state index is -0.468. The van der Waals surface area contributed by atoms with E-state index in [1.807, 2.05) is 44.2 Å². The van der Waals surface area contributed by atoms with Crippen LogP contribution >= 0.6 is 0 Å². The van der Waals surface area contributed by atoms with Crippen LogP contribution in [0.2, 0.25) is 0 Å². The molecule has 3 nitrogen and oxygen atoms in total. The summed E-state index contributed by atoms with van der Waals surface area (Å²) >= 11 is 0. The topological polar surface area (TPSA) is 41.1 Å². The summed E-state index contributed by atoms with van der Waals surface area (Å²) in [6, 6.07) is 10.5. The van der Waals surface area contributed by atoms with Crippen molar-refractivity contribution in [2.24, 2.45) is 0 Å². The first-order valence-electron chi connectivity index (χ1n) is 7.18. The van der Waals surface area contributed by atoms with Crippen LogP contribution in [0.15, 0.2) is 30.3 Å². The summed E-state index contributed by atoms with van der Waals surface area (Å²) in [7, 11) is 0. The Labute approximate surface area is 115 Å². The van der Waals surface area contributed by atoms with Crippen molar-refractivity contribution in [3.63, 3.8) is 0 Å². The van der Waals surface area contributed by atoms with E-state index >= 15 is 0 Å². The second-order valence-corrected chi connectivity index (χ2v) is 5.83. The average molecular weight is 260 g/mol. The molecule has 1 fully saturated rings. The van der Waals surface area contributed by atoms with Crippen molar-refractivity contribution in [1.29, 1.82) is 0 Å². The van der Waals surface area contributed by atoms with Gasteiger partial charge in [0.2, 0.25) is 5.91 Å². The highest BCUT2D eigenvalue weighted by Gasteiger charge is 2.29. The van der Waals surface area contributed by atoms with Crippen LogP contribution in [0.25, 0.3) is 0 Å². The van der Waals surface area contributed by atoms with Crippen LogP contribution in [0.4, 0.5) is 0 Å². The van der Waals surface area contributed by atoms with E-state index in [2.05, 4.69) is 10.6 Å². The Balaban J connectivity index is 1.84. The summed E-state index contributed by atoms with van der Waals surface area (Å²) in [5, 5.41) is 6.52. The van der Waals surface area contributed by atoms with Crippen LogP contribution < -0.4 is 10.6 Å². The zero-order valence-electron chi connectivity index (χ0n) is 11.9. The number of hydrogen-bond acceptors (Lipinski definition) is 2. The molecule has 3 heteroatoms. The van der Waals surface area contributed by atoms with Crippen LogP contribution in [-0.2, 0) is 10.2 Å². The lowest BCUT2D eigenvalue weighted by atomic mass is 9.84. The molecule has 0 saturated carbocycles. The van der Waals surface area contributed by atoms with Crippen molar-refractivity contribution in [1.82, 2.24) is 10.6 Å². The summed E-state index contributed by atoms with van der Waals surface area (Å²) in [5.41, 5.74) is 0.594. The molecule has 104 valence electrons. The Morgan fingerprint density at radius 2 is 2.11 bits per heavy atom. The molecule has 1 heterocycles. The van der Waals surface area contributed by atoms with Crippen LogP contribution in [-0.4, -0.2) is 25.0 Å². The Morgan fingerprint density at radius 1 is 1.37 bits per heavy atom. The van der Waals surface area contributed by atoms with E-state index in [0.29, 0.717) is 6.04 Å². The van der Waals surface area contributed by atoms with Crippen molar-refractivity contribution in [2.75, 3.05) is 13.1 Å².